The van der Waals surface area contributed by atoms with Crippen LogP contribution in [-0.2, 0) is 16.8 Å². The summed E-state index contributed by atoms with van der Waals surface area (Å²) in [5.74, 6) is -0.445. The number of phenolic OH excluding ortho intramolecular Hbond substituents is 1. The second kappa shape index (κ2) is 6.32. The fourth-order valence-electron chi connectivity index (χ4n) is 2.57. The molecule has 1 atom stereocenters. The van der Waals surface area contributed by atoms with Gasteiger partial charge in [-0.25, -0.2) is 0 Å². The highest BCUT2D eigenvalue weighted by molar-refractivity contribution is 7.78. The maximum absolute atomic E-state index is 12.7. The summed E-state index contributed by atoms with van der Waals surface area (Å²) in [5, 5.41) is 11.4. The summed E-state index contributed by atoms with van der Waals surface area (Å²) in [6.45, 7) is 0. The highest BCUT2D eigenvalue weighted by Crippen LogP contribution is 2.30. The quantitative estimate of drug-likeness (QED) is 0.590. The Bertz CT molecular complexity index is 904. The number of rotatable bonds is 4. The maximum Gasteiger partial charge on any atom is 0.197 e. The molecule has 0 saturated carbocycles. The number of carbonyl (C=O) groups is 1. The van der Waals surface area contributed by atoms with Crippen molar-refractivity contribution in [1.29, 1.82) is 0 Å². The SMILES string of the molecule is O=C(c1ccccc1)c1c(O)ccc2cc(CS(=O)[O-])ccc12. The minimum Gasteiger partial charge on any atom is -0.772 e. The van der Waals surface area contributed by atoms with E-state index in [-0.39, 0.29) is 22.8 Å². The Morgan fingerprint density at radius 1 is 1.04 bits per heavy atom. The van der Waals surface area contributed by atoms with Crippen molar-refractivity contribution in [2.75, 3.05) is 0 Å². The zero-order valence-corrected chi connectivity index (χ0v) is 12.9. The molecule has 4 nitrogen and oxygen atoms in total. The maximum atomic E-state index is 12.7. The average molecular weight is 325 g/mol. The number of fused-ring (bicyclic) bond motifs is 1. The first kappa shape index (κ1) is 15.4. The van der Waals surface area contributed by atoms with Crippen molar-refractivity contribution >= 4 is 27.6 Å². The molecule has 23 heavy (non-hydrogen) atoms. The summed E-state index contributed by atoms with van der Waals surface area (Å²) >= 11 is -2.17. The van der Waals surface area contributed by atoms with E-state index in [2.05, 4.69) is 0 Å². The molecule has 0 aliphatic rings. The summed E-state index contributed by atoms with van der Waals surface area (Å²) in [7, 11) is 0. The first-order valence-electron chi connectivity index (χ1n) is 6.96. The van der Waals surface area contributed by atoms with Crippen LogP contribution in [0.5, 0.6) is 5.75 Å². The van der Waals surface area contributed by atoms with E-state index < -0.39 is 11.1 Å². The lowest BCUT2D eigenvalue weighted by atomic mass is 9.95. The lowest BCUT2D eigenvalue weighted by molar-refractivity contribution is 0.103. The van der Waals surface area contributed by atoms with Gasteiger partial charge in [-0.05, 0) is 22.4 Å². The molecule has 0 bridgehead atoms. The molecule has 1 unspecified atom stereocenters. The van der Waals surface area contributed by atoms with Gasteiger partial charge in [-0.1, -0.05) is 65.7 Å². The van der Waals surface area contributed by atoms with Gasteiger partial charge in [0.25, 0.3) is 0 Å². The third-order valence-electron chi connectivity index (χ3n) is 3.61. The van der Waals surface area contributed by atoms with E-state index in [9.17, 15) is 18.7 Å². The van der Waals surface area contributed by atoms with Crippen LogP contribution in [0.3, 0.4) is 0 Å². The Morgan fingerprint density at radius 2 is 1.78 bits per heavy atom. The predicted molar refractivity (Wildman–Crippen MR) is 88.1 cm³/mol. The molecule has 0 radical (unpaired) electrons. The second-order valence-electron chi connectivity index (χ2n) is 5.16. The first-order chi connectivity index (χ1) is 11.1. The number of hydrogen-bond acceptors (Lipinski definition) is 4. The molecule has 0 aliphatic heterocycles. The number of aromatic hydroxyl groups is 1. The van der Waals surface area contributed by atoms with Gasteiger partial charge in [0.1, 0.15) is 5.75 Å². The first-order valence-corrected chi connectivity index (χ1v) is 8.21. The van der Waals surface area contributed by atoms with Crippen LogP contribution < -0.4 is 0 Å². The van der Waals surface area contributed by atoms with Gasteiger partial charge in [0.05, 0.1) is 5.56 Å². The standard InChI is InChI=1S/C18H14O4S/c19-16-9-7-14-10-12(11-23(21)22)6-8-15(14)17(16)18(20)13-4-2-1-3-5-13/h1-10,19H,11H2,(H,21,22)/p-1. The molecule has 5 heteroatoms. The van der Waals surface area contributed by atoms with Crippen LogP contribution in [0.1, 0.15) is 21.5 Å². The zero-order chi connectivity index (χ0) is 16.4. The summed E-state index contributed by atoms with van der Waals surface area (Å²) in [5.41, 5.74) is 1.35. The van der Waals surface area contributed by atoms with E-state index in [4.69, 9.17) is 0 Å². The molecule has 0 amide bonds. The van der Waals surface area contributed by atoms with Crippen molar-refractivity contribution in [3.63, 3.8) is 0 Å². The highest BCUT2D eigenvalue weighted by atomic mass is 32.2. The minimum absolute atomic E-state index is 0.0845. The average Bonchev–Trinajstić information content (AvgIpc) is 2.54. The van der Waals surface area contributed by atoms with Crippen molar-refractivity contribution in [3.8, 4) is 5.75 Å². The van der Waals surface area contributed by atoms with Crippen LogP contribution in [-0.4, -0.2) is 19.7 Å². The molecule has 0 saturated heterocycles. The summed E-state index contributed by atoms with van der Waals surface area (Å²) < 4.78 is 21.6. The number of ketones is 1. The lowest BCUT2D eigenvalue weighted by Gasteiger charge is -2.11. The summed E-state index contributed by atoms with van der Waals surface area (Å²) in [6, 6.07) is 16.9. The molecule has 3 aromatic rings. The van der Waals surface area contributed by atoms with E-state index in [1.165, 1.54) is 6.07 Å². The van der Waals surface area contributed by atoms with Crippen molar-refractivity contribution in [1.82, 2.24) is 0 Å². The molecule has 1 N–H and O–H groups in total. The largest absolute Gasteiger partial charge is 0.772 e. The van der Waals surface area contributed by atoms with E-state index >= 15 is 0 Å². The second-order valence-corrected chi connectivity index (χ2v) is 6.05. The summed E-state index contributed by atoms with van der Waals surface area (Å²) in [4.78, 5) is 12.7. The highest BCUT2D eigenvalue weighted by Gasteiger charge is 2.17. The third kappa shape index (κ3) is 3.16. The van der Waals surface area contributed by atoms with Gasteiger partial charge in [-0.2, -0.15) is 0 Å². The van der Waals surface area contributed by atoms with E-state index in [1.54, 1.807) is 48.5 Å². The number of phenols is 1. The molecule has 0 fully saturated rings. The van der Waals surface area contributed by atoms with Gasteiger partial charge in [-0.15, -0.1) is 0 Å². The number of carbonyl (C=O) groups excluding carboxylic acids is 1. The van der Waals surface area contributed by atoms with Gasteiger partial charge < -0.3 is 9.66 Å². The molecular weight excluding hydrogens is 312 g/mol. The van der Waals surface area contributed by atoms with Gasteiger partial charge >= 0.3 is 0 Å². The van der Waals surface area contributed by atoms with Crippen molar-refractivity contribution < 1.29 is 18.7 Å². The topological polar surface area (TPSA) is 77.4 Å². The van der Waals surface area contributed by atoms with E-state index in [0.717, 1.165) is 0 Å². The predicted octanol–water partition coefficient (Wildman–Crippen LogP) is 3.16. The van der Waals surface area contributed by atoms with Crippen molar-refractivity contribution in [2.45, 2.75) is 5.75 Å². The Kier molecular flexibility index (Phi) is 4.23. The van der Waals surface area contributed by atoms with Gasteiger partial charge in [-0.3, -0.25) is 9.00 Å². The lowest BCUT2D eigenvalue weighted by Crippen LogP contribution is -2.03. The van der Waals surface area contributed by atoms with Crippen LogP contribution in [0.2, 0.25) is 0 Å². The Hall–Kier alpha value is -2.50. The number of hydrogen-bond donors (Lipinski definition) is 1. The van der Waals surface area contributed by atoms with Crippen molar-refractivity contribution in [2.24, 2.45) is 0 Å². The van der Waals surface area contributed by atoms with Gasteiger partial charge in [0.15, 0.2) is 5.78 Å². The van der Waals surface area contributed by atoms with Gasteiger partial charge in [0, 0.05) is 11.3 Å². The molecule has 0 heterocycles. The van der Waals surface area contributed by atoms with Crippen LogP contribution in [0.4, 0.5) is 0 Å². The van der Waals surface area contributed by atoms with E-state index in [0.29, 0.717) is 21.9 Å². The smallest absolute Gasteiger partial charge is 0.197 e. The Labute approximate surface area is 135 Å². The molecule has 3 rings (SSSR count). The Balaban J connectivity index is 2.14. The Morgan fingerprint density at radius 3 is 2.48 bits per heavy atom. The molecule has 3 aromatic carbocycles. The monoisotopic (exact) mass is 325 g/mol. The zero-order valence-electron chi connectivity index (χ0n) is 12.1. The van der Waals surface area contributed by atoms with Crippen molar-refractivity contribution in [3.05, 3.63) is 77.4 Å². The molecule has 0 aromatic heterocycles. The molecule has 0 spiro atoms. The van der Waals surface area contributed by atoms with Crippen LogP contribution >= 0.6 is 0 Å². The normalized spacial score (nSPS) is 12.2. The van der Waals surface area contributed by atoms with Gasteiger partial charge in [0.2, 0.25) is 0 Å². The van der Waals surface area contributed by atoms with Crippen LogP contribution in [0.15, 0.2) is 60.7 Å². The fourth-order valence-corrected chi connectivity index (χ4v) is 3.02. The molecular formula is C18H13O4S-. The summed E-state index contributed by atoms with van der Waals surface area (Å²) in [6.07, 6.45) is 0. The number of benzene rings is 3. The van der Waals surface area contributed by atoms with Crippen LogP contribution in [0, 0.1) is 0 Å². The van der Waals surface area contributed by atoms with E-state index in [1.807, 2.05) is 6.07 Å². The molecule has 116 valence electrons. The van der Waals surface area contributed by atoms with Crippen LogP contribution in [0.25, 0.3) is 10.8 Å². The molecule has 0 aliphatic carbocycles. The minimum atomic E-state index is -2.17. The fraction of sp³-hybridized carbons (Fsp3) is 0.0556. The third-order valence-corrected chi connectivity index (χ3v) is 4.18.